The fraction of sp³-hybridized carbons (Fsp3) is 0.0588. The molecule has 5 heteroatoms. The Balaban J connectivity index is 1.94. The van der Waals surface area contributed by atoms with Crippen LogP contribution in [0.5, 0.6) is 0 Å². The maximum atomic E-state index is 12.7. The van der Waals surface area contributed by atoms with Gasteiger partial charge in [-0.15, -0.1) is 0 Å². The van der Waals surface area contributed by atoms with E-state index in [2.05, 4.69) is 20.9 Å². The average Bonchev–Trinajstić information content (AvgIpc) is 3.08. The fourth-order valence-electron chi connectivity index (χ4n) is 2.10. The molecule has 0 aliphatic rings. The summed E-state index contributed by atoms with van der Waals surface area (Å²) in [6.07, 6.45) is 4.66. The van der Waals surface area contributed by atoms with Gasteiger partial charge in [0.05, 0.1) is 24.1 Å². The molecule has 0 saturated heterocycles. The Kier molecular flexibility index (Phi) is 4.34. The maximum absolute atomic E-state index is 12.7. The van der Waals surface area contributed by atoms with Crippen LogP contribution in [0.1, 0.15) is 16.1 Å². The van der Waals surface area contributed by atoms with Crippen LogP contribution in [-0.4, -0.2) is 10.9 Å². The first-order valence-corrected chi connectivity index (χ1v) is 7.53. The molecule has 22 heavy (non-hydrogen) atoms. The van der Waals surface area contributed by atoms with Crippen LogP contribution in [0, 0.1) is 0 Å². The molecule has 0 aliphatic heterocycles. The number of carbonyl (C=O) groups is 1. The van der Waals surface area contributed by atoms with Crippen LogP contribution in [0.3, 0.4) is 0 Å². The predicted molar refractivity (Wildman–Crippen MR) is 87.6 cm³/mol. The van der Waals surface area contributed by atoms with E-state index in [-0.39, 0.29) is 5.91 Å². The summed E-state index contributed by atoms with van der Waals surface area (Å²) in [5, 5.41) is 0. The van der Waals surface area contributed by atoms with Gasteiger partial charge in [-0.2, -0.15) is 0 Å². The van der Waals surface area contributed by atoms with Crippen molar-refractivity contribution >= 4 is 27.5 Å². The Morgan fingerprint density at radius 2 is 1.95 bits per heavy atom. The van der Waals surface area contributed by atoms with Crippen molar-refractivity contribution in [2.75, 3.05) is 4.90 Å². The van der Waals surface area contributed by atoms with Gasteiger partial charge in [-0.1, -0.05) is 22.0 Å². The molecule has 2 heterocycles. The topological polar surface area (TPSA) is 46.3 Å². The zero-order valence-corrected chi connectivity index (χ0v) is 13.2. The highest BCUT2D eigenvalue weighted by atomic mass is 79.9. The maximum Gasteiger partial charge on any atom is 0.261 e. The Morgan fingerprint density at radius 3 is 2.59 bits per heavy atom. The number of hydrogen-bond donors (Lipinski definition) is 0. The lowest BCUT2D eigenvalue weighted by Gasteiger charge is -2.22. The molecule has 0 unspecified atom stereocenters. The van der Waals surface area contributed by atoms with Crippen LogP contribution in [0.15, 0.2) is 76.1 Å². The fourth-order valence-corrected chi connectivity index (χ4v) is 2.36. The van der Waals surface area contributed by atoms with Crippen molar-refractivity contribution in [1.29, 1.82) is 0 Å². The molecule has 1 amide bonds. The van der Waals surface area contributed by atoms with Gasteiger partial charge in [-0.05, 0) is 42.5 Å². The van der Waals surface area contributed by atoms with E-state index in [1.54, 1.807) is 17.2 Å². The zero-order chi connectivity index (χ0) is 15.4. The first kappa shape index (κ1) is 14.5. The molecule has 110 valence electrons. The Morgan fingerprint density at radius 1 is 1.14 bits per heavy atom. The van der Waals surface area contributed by atoms with Gasteiger partial charge in [-0.25, -0.2) is 0 Å². The highest BCUT2D eigenvalue weighted by molar-refractivity contribution is 9.10. The zero-order valence-electron chi connectivity index (χ0n) is 11.6. The quantitative estimate of drug-likeness (QED) is 0.700. The Labute approximate surface area is 136 Å². The van der Waals surface area contributed by atoms with E-state index < -0.39 is 0 Å². The number of pyridine rings is 1. The van der Waals surface area contributed by atoms with Crippen LogP contribution in [0.2, 0.25) is 0 Å². The van der Waals surface area contributed by atoms with Crippen molar-refractivity contribution < 1.29 is 9.21 Å². The summed E-state index contributed by atoms with van der Waals surface area (Å²) in [7, 11) is 0. The van der Waals surface area contributed by atoms with E-state index in [1.165, 1.54) is 12.5 Å². The number of amides is 1. The molecule has 0 N–H and O–H groups in total. The molecule has 0 saturated carbocycles. The molecule has 3 rings (SSSR count). The van der Waals surface area contributed by atoms with Crippen molar-refractivity contribution in [2.24, 2.45) is 0 Å². The number of hydrogen-bond acceptors (Lipinski definition) is 3. The van der Waals surface area contributed by atoms with Gasteiger partial charge >= 0.3 is 0 Å². The molecule has 3 aromatic rings. The van der Waals surface area contributed by atoms with E-state index >= 15 is 0 Å². The van der Waals surface area contributed by atoms with Crippen LogP contribution in [-0.2, 0) is 6.54 Å². The summed E-state index contributed by atoms with van der Waals surface area (Å²) in [5.41, 5.74) is 2.14. The predicted octanol–water partition coefficient (Wildman–Crippen LogP) is 4.28. The van der Waals surface area contributed by atoms with Gasteiger partial charge < -0.3 is 9.32 Å². The van der Waals surface area contributed by atoms with E-state index in [4.69, 9.17) is 4.42 Å². The van der Waals surface area contributed by atoms with Gasteiger partial charge in [0.25, 0.3) is 5.91 Å². The van der Waals surface area contributed by atoms with Gasteiger partial charge in [0, 0.05) is 16.4 Å². The van der Waals surface area contributed by atoms with Crippen molar-refractivity contribution in [3.05, 3.63) is 83.0 Å². The molecule has 0 atom stereocenters. The molecule has 4 nitrogen and oxygen atoms in total. The molecule has 2 aromatic heterocycles. The number of furan rings is 1. The third kappa shape index (κ3) is 3.26. The second kappa shape index (κ2) is 6.58. The molecule has 0 bridgehead atoms. The highest BCUT2D eigenvalue weighted by Gasteiger charge is 2.19. The van der Waals surface area contributed by atoms with Crippen LogP contribution >= 0.6 is 15.9 Å². The largest absolute Gasteiger partial charge is 0.472 e. The Hall–Kier alpha value is -2.40. The number of halogens is 1. The van der Waals surface area contributed by atoms with Gasteiger partial charge in [0.15, 0.2) is 0 Å². The van der Waals surface area contributed by atoms with Crippen molar-refractivity contribution in [2.45, 2.75) is 6.54 Å². The van der Waals surface area contributed by atoms with Crippen LogP contribution in [0.25, 0.3) is 0 Å². The summed E-state index contributed by atoms with van der Waals surface area (Å²) in [6.45, 7) is 0.395. The van der Waals surface area contributed by atoms with Crippen LogP contribution in [0.4, 0.5) is 5.69 Å². The van der Waals surface area contributed by atoms with Gasteiger partial charge in [-0.3, -0.25) is 9.78 Å². The van der Waals surface area contributed by atoms with E-state index in [9.17, 15) is 4.79 Å². The standard InChI is InChI=1S/C17H13BrN2O2/c18-14-4-6-16(7-5-14)20(11-15-3-1-2-9-19-15)17(21)13-8-10-22-12-13/h1-10,12H,11H2. The third-order valence-electron chi connectivity index (χ3n) is 3.20. The second-order valence-electron chi connectivity index (χ2n) is 4.70. The summed E-state index contributed by atoms with van der Waals surface area (Å²) in [5.74, 6) is -0.123. The minimum absolute atomic E-state index is 0.123. The van der Waals surface area contributed by atoms with Crippen LogP contribution < -0.4 is 4.90 Å². The second-order valence-corrected chi connectivity index (χ2v) is 5.62. The number of benzene rings is 1. The van der Waals surface area contributed by atoms with Crippen molar-refractivity contribution in [3.63, 3.8) is 0 Å². The van der Waals surface area contributed by atoms with E-state index in [0.717, 1.165) is 15.9 Å². The number of rotatable bonds is 4. The monoisotopic (exact) mass is 356 g/mol. The van der Waals surface area contributed by atoms with Gasteiger partial charge in [0.2, 0.25) is 0 Å². The average molecular weight is 357 g/mol. The third-order valence-corrected chi connectivity index (χ3v) is 3.73. The summed E-state index contributed by atoms with van der Waals surface area (Å²) >= 11 is 3.41. The minimum Gasteiger partial charge on any atom is -0.472 e. The molecular formula is C17H13BrN2O2. The smallest absolute Gasteiger partial charge is 0.261 e. The summed E-state index contributed by atoms with van der Waals surface area (Å²) in [4.78, 5) is 18.7. The number of anilines is 1. The molecule has 0 spiro atoms. The lowest BCUT2D eigenvalue weighted by molar-refractivity contribution is 0.0984. The summed E-state index contributed by atoms with van der Waals surface area (Å²) in [6, 6.07) is 14.9. The van der Waals surface area contributed by atoms with Gasteiger partial charge in [0.1, 0.15) is 6.26 Å². The first-order valence-electron chi connectivity index (χ1n) is 6.73. The molecule has 1 aromatic carbocycles. The first-order chi connectivity index (χ1) is 10.7. The highest BCUT2D eigenvalue weighted by Crippen LogP contribution is 2.22. The lowest BCUT2D eigenvalue weighted by Crippen LogP contribution is -2.30. The SMILES string of the molecule is O=C(c1ccoc1)N(Cc1ccccn1)c1ccc(Br)cc1. The number of carbonyl (C=O) groups excluding carboxylic acids is 1. The number of nitrogens with zero attached hydrogens (tertiary/aromatic N) is 2. The van der Waals surface area contributed by atoms with Crippen molar-refractivity contribution in [1.82, 2.24) is 4.98 Å². The molecular weight excluding hydrogens is 344 g/mol. The summed E-state index contributed by atoms with van der Waals surface area (Å²) < 4.78 is 5.98. The Bertz CT molecular complexity index is 740. The molecule has 0 aliphatic carbocycles. The van der Waals surface area contributed by atoms with E-state index in [0.29, 0.717) is 12.1 Å². The van der Waals surface area contributed by atoms with Crippen molar-refractivity contribution in [3.8, 4) is 0 Å². The molecule has 0 radical (unpaired) electrons. The number of aromatic nitrogens is 1. The normalized spacial score (nSPS) is 10.4. The molecule has 0 fully saturated rings. The minimum atomic E-state index is -0.123. The lowest BCUT2D eigenvalue weighted by atomic mass is 10.2. The van der Waals surface area contributed by atoms with E-state index in [1.807, 2.05) is 42.5 Å².